The number of benzene rings is 1. The SMILES string of the molecule is O=C(Cn1cncn1)NN=Cc1cc(Br)cc(Br)c1O. The number of hydrazone groups is 1. The summed E-state index contributed by atoms with van der Waals surface area (Å²) in [5, 5.41) is 17.4. The van der Waals surface area contributed by atoms with Gasteiger partial charge in [-0.15, -0.1) is 0 Å². The highest BCUT2D eigenvalue weighted by Gasteiger charge is 2.06. The monoisotopic (exact) mass is 401 g/mol. The van der Waals surface area contributed by atoms with E-state index in [4.69, 9.17) is 0 Å². The van der Waals surface area contributed by atoms with Gasteiger partial charge in [-0.2, -0.15) is 10.2 Å². The van der Waals surface area contributed by atoms with Crippen LogP contribution in [-0.4, -0.2) is 32.0 Å². The average molecular weight is 403 g/mol. The standard InChI is InChI=1S/C11H9Br2N5O2/c12-8-1-7(11(20)9(13)2-8)3-15-17-10(19)4-18-6-14-5-16-18/h1-3,5-6,20H,4H2,(H,17,19). The zero-order valence-electron chi connectivity index (χ0n) is 9.99. The largest absolute Gasteiger partial charge is 0.506 e. The lowest BCUT2D eigenvalue weighted by Crippen LogP contribution is -2.23. The van der Waals surface area contributed by atoms with Crippen LogP contribution in [0.15, 0.2) is 38.8 Å². The van der Waals surface area contributed by atoms with Crippen molar-refractivity contribution in [3.05, 3.63) is 39.3 Å². The zero-order valence-corrected chi connectivity index (χ0v) is 13.2. The summed E-state index contributed by atoms with van der Waals surface area (Å²) in [5.41, 5.74) is 2.80. The van der Waals surface area contributed by atoms with Crippen LogP contribution in [0.4, 0.5) is 0 Å². The third kappa shape index (κ3) is 3.87. The lowest BCUT2D eigenvalue weighted by atomic mass is 10.2. The van der Waals surface area contributed by atoms with Crippen LogP contribution in [0.25, 0.3) is 0 Å². The van der Waals surface area contributed by atoms with E-state index in [0.29, 0.717) is 10.0 Å². The Kier molecular flexibility index (Phi) is 4.85. The molecule has 0 unspecified atom stereocenters. The fourth-order valence-electron chi connectivity index (χ4n) is 1.35. The second-order valence-corrected chi connectivity index (χ2v) is 5.48. The van der Waals surface area contributed by atoms with Crippen LogP contribution >= 0.6 is 31.9 Å². The van der Waals surface area contributed by atoms with Gasteiger partial charge in [0, 0.05) is 10.0 Å². The molecule has 2 N–H and O–H groups in total. The van der Waals surface area contributed by atoms with Crippen molar-refractivity contribution in [2.75, 3.05) is 0 Å². The minimum absolute atomic E-state index is 0.0193. The number of hydrogen-bond donors (Lipinski definition) is 2. The summed E-state index contributed by atoms with van der Waals surface area (Å²) in [6.07, 6.45) is 4.12. The minimum atomic E-state index is -0.347. The summed E-state index contributed by atoms with van der Waals surface area (Å²) >= 11 is 6.51. The van der Waals surface area contributed by atoms with Crippen molar-refractivity contribution in [2.24, 2.45) is 5.10 Å². The minimum Gasteiger partial charge on any atom is -0.506 e. The Morgan fingerprint density at radius 2 is 2.30 bits per heavy atom. The van der Waals surface area contributed by atoms with Crippen LogP contribution in [0, 0.1) is 0 Å². The molecule has 1 heterocycles. The maximum Gasteiger partial charge on any atom is 0.261 e. The molecule has 1 amide bonds. The third-order valence-electron chi connectivity index (χ3n) is 2.22. The first-order valence-electron chi connectivity index (χ1n) is 5.38. The number of nitrogens with zero attached hydrogens (tertiary/aromatic N) is 4. The van der Waals surface area contributed by atoms with E-state index < -0.39 is 0 Å². The molecule has 0 bridgehead atoms. The molecule has 1 aromatic heterocycles. The van der Waals surface area contributed by atoms with Crippen molar-refractivity contribution in [3.63, 3.8) is 0 Å². The van der Waals surface area contributed by atoms with Gasteiger partial charge in [0.25, 0.3) is 5.91 Å². The van der Waals surface area contributed by atoms with E-state index in [-0.39, 0.29) is 18.2 Å². The molecule has 20 heavy (non-hydrogen) atoms. The average Bonchev–Trinajstić information content (AvgIpc) is 2.87. The summed E-state index contributed by atoms with van der Waals surface area (Å²) in [4.78, 5) is 15.2. The van der Waals surface area contributed by atoms with Gasteiger partial charge in [-0.3, -0.25) is 4.79 Å². The first-order chi connectivity index (χ1) is 9.56. The Labute approximate surface area is 131 Å². The number of amides is 1. The molecule has 0 atom stereocenters. The summed E-state index contributed by atoms with van der Waals surface area (Å²) < 4.78 is 2.68. The molecule has 7 nitrogen and oxygen atoms in total. The highest BCUT2D eigenvalue weighted by molar-refractivity contribution is 9.11. The summed E-state index contributed by atoms with van der Waals surface area (Å²) in [5.74, 6) is -0.303. The lowest BCUT2D eigenvalue weighted by molar-refractivity contribution is -0.121. The third-order valence-corrected chi connectivity index (χ3v) is 3.29. The number of aromatic nitrogens is 3. The fraction of sp³-hybridized carbons (Fsp3) is 0.0909. The van der Waals surface area contributed by atoms with Gasteiger partial charge in [0.1, 0.15) is 24.9 Å². The Morgan fingerprint density at radius 3 is 3.00 bits per heavy atom. The second kappa shape index (κ2) is 6.62. The van der Waals surface area contributed by atoms with Gasteiger partial charge in [0.2, 0.25) is 0 Å². The van der Waals surface area contributed by atoms with Gasteiger partial charge >= 0.3 is 0 Å². The van der Waals surface area contributed by atoms with E-state index in [0.717, 1.165) is 4.47 Å². The van der Waals surface area contributed by atoms with E-state index in [1.165, 1.54) is 23.6 Å². The number of phenols is 1. The van der Waals surface area contributed by atoms with Gasteiger partial charge in [0.15, 0.2) is 0 Å². The number of aromatic hydroxyl groups is 1. The molecule has 2 rings (SSSR count). The maximum absolute atomic E-state index is 11.5. The molecule has 0 aliphatic heterocycles. The predicted octanol–water partition coefficient (Wildman–Crippen LogP) is 1.66. The summed E-state index contributed by atoms with van der Waals surface area (Å²) in [6.45, 7) is 0.0193. The van der Waals surface area contributed by atoms with E-state index >= 15 is 0 Å². The molecule has 0 saturated heterocycles. The molecule has 0 aliphatic rings. The molecule has 0 spiro atoms. The van der Waals surface area contributed by atoms with E-state index in [2.05, 4.69) is 52.5 Å². The molecule has 0 saturated carbocycles. The quantitative estimate of drug-likeness (QED) is 0.600. The van der Waals surface area contributed by atoms with Gasteiger partial charge in [-0.05, 0) is 28.1 Å². The molecular weight excluding hydrogens is 394 g/mol. The van der Waals surface area contributed by atoms with E-state index in [1.807, 2.05) is 0 Å². The van der Waals surface area contributed by atoms with Crippen LogP contribution in [0.5, 0.6) is 5.75 Å². The number of rotatable bonds is 4. The van der Waals surface area contributed by atoms with Gasteiger partial charge < -0.3 is 5.11 Å². The Hall–Kier alpha value is -1.74. The van der Waals surface area contributed by atoms with Gasteiger partial charge in [0.05, 0.1) is 10.7 Å². The molecule has 104 valence electrons. The van der Waals surface area contributed by atoms with Crippen molar-refractivity contribution in [1.82, 2.24) is 20.2 Å². The normalized spacial score (nSPS) is 10.9. The molecule has 0 radical (unpaired) electrons. The number of halogens is 2. The first-order valence-corrected chi connectivity index (χ1v) is 6.97. The highest BCUT2D eigenvalue weighted by Crippen LogP contribution is 2.30. The van der Waals surface area contributed by atoms with Crippen LogP contribution in [0.3, 0.4) is 0 Å². The number of carbonyl (C=O) groups excluding carboxylic acids is 1. The summed E-state index contributed by atoms with van der Waals surface area (Å²) in [6, 6.07) is 3.38. The number of nitrogens with one attached hydrogen (secondary N) is 1. The van der Waals surface area contributed by atoms with Crippen molar-refractivity contribution in [2.45, 2.75) is 6.54 Å². The zero-order chi connectivity index (χ0) is 14.5. The van der Waals surface area contributed by atoms with Gasteiger partial charge in [-0.1, -0.05) is 15.9 Å². The maximum atomic E-state index is 11.5. The van der Waals surface area contributed by atoms with Crippen molar-refractivity contribution in [3.8, 4) is 5.75 Å². The number of carbonyl (C=O) groups is 1. The molecule has 1 aromatic carbocycles. The van der Waals surface area contributed by atoms with E-state index in [1.54, 1.807) is 12.1 Å². The fourth-order valence-corrected chi connectivity index (χ4v) is 2.61. The Bertz CT molecular complexity index is 643. The molecular formula is C11H9Br2N5O2. The first kappa shape index (κ1) is 14.7. The van der Waals surface area contributed by atoms with Crippen LogP contribution in [0.1, 0.15) is 5.56 Å². The second-order valence-electron chi connectivity index (χ2n) is 3.71. The highest BCUT2D eigenvalue weighted by atomic mass is 79.9. The van der Waals surface area contributed by atoms with Crippen LogP contribution < -0.4 is 5.43 Å². The van der Waals surface area contributed by atoms with Crippen molar-refractivity contribution >= 4 is 44.0 Å². The van der Waals surface area contributed by atoms with Crippen LogP contribution in [0.2, 0.25) is 0 Å². The summed E-state index contributed by atoms with van der Waals surface area (Å²) in [7, 11) is 0. The van der Waals surface area contributed by atoms with Crippen LogP contribution in [-0.2, 0) is 11.3 Å². The molecule has 9 heteroatoms. The molecule has 2 aromatic rings. The van der Waals surface area contributed by atoms with E-state index in [9.17, 15) is 9.90 Å². The van der Waals surface area contributed by atoms with Gasteiger partial charge in [-0.25, -0.2) is 15.1 Å². The Morgan fingerprint density at radius 1 is 1.50 bits per heavy atom. The number of hydrogen-bond acceptors (Lipinski definition) is 5. The topological polar surface area (TPSA) is 92.4 Å². The molecule has 0 aliphatic carbocycles. The van der Waals surface area contributed by atoms with Crippen molar-refractivity contribution in [1.29, 1.82) is 0 Å². The Balaban J connectivity index is 1.98. The predicted molar refractivity (Wildman–Crippen MR) is 79.3 cm³/mol. The molecule has 0 fully saturated rings. The van der Waals surface area contributed by atoms with Crippen molar-refractivity contribution < 1.29 is 9.90 Å². The smallest absolute Gasteiger partial charge is 0.261 e. The number of phenolic OH excluding ortho intramolecular Hbond substituents is 1. The lowest BCUT2D eigenvalue weighted by Gasteiger charge is -2.03.